The summed E-state index contributed by atoms with van der Waals surface area (Å²) in [5, 5.41) is 10.3. The molecule has 14 heteroatoms. The van der Waals surface area contributed by atoms with Gasteiger partial charge in [0.1, 0.15) is 6.33 Å². The third-order valence-corrected chi connectivity index (χ3v) is 9.53. The number of nitrogens with one attached hydrogen (secondary N) is 2. The summed E-state index contributed by atoms with van der Waals surface area (Å²) >= 11 is 0. The molecule has 2 amide bonds. The first kappa shape index (κ1) is 29.1. The highest BCUT2D eigenvalue weighted by atomic mass is 19.3. The van der Waals surface area contributed by atoms with Crippen LogP contribution in [0.15, 0.2) is 24.8 Å². The summed E-state index contributed by atoms with van der Waals surface area (Å²) in [5.74, 6) is -5.46. The van der Waals surface area contributed by atoms with Crippen molar-refractivity contribution in [3.63, 3.8) is 0 Å². The van der Waals surface area contributed by atoms with Gasteiger partial charge < -0.3 is 10.6 Å². The third kappa shape index (κ3) is 6.44. The number of amides is 2. The van der Waals surface area contributed by atoms with Gasteiger partial charge in [0.25, 0.3) is 5.91 Å². The summed E-state index contributed by atoms with van der Waals surface area (Å²) < 4.78 is 58.0. The number of imidazole rings is 1. The van der Waals surface area contributed by atoms with Gasteiger partial charge in [0.15, 0.2) is 0 Å². The standard InChI is InChI=1S/C30H36F4N8O2/c31-29(32)8-5-20(6-9-29)25(40-27(44)26-35-16-36-42(26)14-17-1-2-17)22-15-41-10-7-21(37-28(41)38-22)24(19-3-4-19)39-23(43)11-18-12-30(33,34)13-18/h7,10,15-20,24-25H,1-6,8-9,11-14H2,(H,39,43)(H,40,44). The molecule has 0 bridgehead atoms. The molecular weight excluding hydrogens is 580 g/mol. The number of alkyl halides is 4. The molecule has 3 aromatic heterocycles. The zero-order valence-corrected chi connectivity index (χ0v) is 24.3. The van der Waals surface area contributed by atoms with Crippen LogP contribution in [0.2, 0.25) is 0 Å². The van der Waals surface area contributed by atoms with Gasteiger partial charge in [-0.2, -0.15) is 5.10 Å². The molecule has 0 spiro atoms. The Bertz CT molecular complexity index is 1530. The lowest BCUT2D eigenvalue weighted by Gasteiger charge is -2.34. The zero-order chi connectivity index (χ0) is 30.6. The highest BCUT2D eigenvalue weighted by Gasteiger charge is 2.46. The van der Waals surface area contributed by atoms with Gasteiger partial charge in [-0.3, -0.25) is 14.0 Å². The summed E-state index contributed by atoms with van der Waals surface area (Å²) in [6.45, 7) is 0.607. The average molecular weight is 617 g/mol. The molecular formula is C30H36F4N8O2. The number of rotatable bonds is 11. The number of carbonyl (C=O) groups is 2. The van der Waals surface area contributed by atoms with Crippen LogP contribution in [-0.4, -0.2) is 52.8 Å². The summed E-state index contributed by atoms with van der Waals surface area (Å²) in [4.78, 5) is 39.8. The largest absolute Gasteiger partial charge is 0.347 e. The molecule has 4 aliphatic rings. The smallest absolute Gasteiger partial charge is 0.289 e. The number of nitrogens with zero attached hydrogens (tertiary/aromatic N) is 6. The summed E-state index contributed by atoms with van der Waals surface area (Å²) in [5.41, 5.74) is 1.12. The van der Waals surface area contributed by atoms with E-state index in [1.807, 2.05) is 0 Å². The minimum atomic E-state index is -2.73. The van der Waals surface area contributed by atoms with Gasteiger partial charge in [0.05, 0.1) is 23.5 Å². The number of hydrogen-bond donors (Lipinski definition) is 2. The van der Waals surface area contributed by atoms with Crippen LogP contribution in [0.1, 0.15) is 105 Å². The van der Waals surface area contributed by atoms with Crippen LogP contribution < -0.4 is 10.6 Å². The van der Waals surface area contributed by atoms with E-state index in [-0.39, 0.29) is 80.5 Å². The summed E-state index contributed by atoms with van der Waals surface area (Å²) in [6, 6.07) is 0.797. The molecule has 7 rings (SSSR count). The van der Waals surface area contributed by atoms with Crippen LogP contribution in [0, 0.1) is 23.7 Å². The van der Waals surface area contributed by atoms with Gasteiger partial charge in [0.2, 0.25) is 29.4 Å². The van der Waals surface area contributed by atoms with Crippen LogP contribution in [0.3, 0.4) is 0 Å². The average Bonchev–Trinajstić information content (AvgIpc) is 3.87. The number of hydrogen-bond acceptors (Lipinski definition) is 6. The molecule has 0 saturated heterocycles. The van der Waals surface area contributed by atoms with Gasteiger partial charge in [-0.25, -0.2) is 37.2 Å². The van der Waals surface area contributed by atoms with Crippen molar-refractivity contribution in [2.24, 2.45) is 23.7 Å². The number of carbonyl (C=O) groups excluding carboxylic acids is 2. The number of halogens is 4. The van der Waals surface area contributed by atoms with Crippen molar-refractivity contribution in [1.82, 2.24) is 39.8 Å². The maximum absolute atomic E-state index is 14.1. The molecule has 3 aromatic rings. The molecule has 0 radical (unpaired) electrons. The Morgan fingerprint density at radius 3 is 2.25 bits per heavy atom. The maximum atomic E-state index is 14.1. The zero-order valence-electron chi connectivity index (χ0n) is 24.3. The molecule has 3 heterocycles. The van der Waals surface area contributed by atoms with E-state index in [9.17, 15) is 27.2 Å². The topological polar surface area (TPSA) is 119 Å². The van der Waals surface area contributed by atoms with Crippen molar-refractivity contribution in [1.29, 1.82) is 0 Å². The first-order valence-electron chi connectivity index (χ1n) is 15.6. The first-order chi connectivity index (χ1) is 21.0. The highest BCUT2D eigenvalue weighted by Crippen LogP contribution is 2.45. The Balaban J connectivity index is 1.11. The molecule has 10 nitrogen and oxygen atoms in total. The normalized spacial score (nSPS) is 23.2. The fourth-order valence-electron chi connectivity index (χ4n) is 6.67. The third-order valence-electron chi connectivity index (χ3n) is 9.53. The van der Waals surface area contributed by atoms with Crippen LogP contribution in [0.4, 0.5) is 17.6 Å². The Labute approximate surface area is 251 Å². The Kier molecular flexibility index (Phi) is 7.35. The molecule has 236 valence electrons. The minimum absolute atomic E-state index is 0.0603. The van der Waals surface area contributed by atoms with E-state index < -0.39 is 23.8 Å². The van der Waals surface area contributed by atoms with Crippen molar-refractivity contribution >= 4 is 17.6 Å². The van der Waals surface area contributed by atoms with E-state index >= 15 is 0 Å². The van der Waals surface area contributed by atoms with E-state index in [4.69, 9.17) is 9.97 Å². The fraction of sp³-hybridized carbons (Fsp3) is 0.667. The number of fused-ring (bicyclic) bond motifs is 1. The van der Waals surface area contributed by atoms with Gasteiger partial charge in [-0.15, -0.1) is 0 Å². The minimum Gasteiger partial charge on any atom is -0.347 e. The predicted octanol–water partition coefficient (Wildman–Crippen LogP) is 5.03. The van der Waals surface area contributed by atoms with E-state index in [0.717, 1.165) is 25.7 Å². The summed E-state index contributed by atoms with van der Waals surface area (Å²) in [6.07, 6.45) is 8.35. The molecule has 4 aliphatic carbocycles. The second kappa shape index (κ2) is 11.1. The Morgan fingerprint density at radius 1 is 0.886 bits per heavy atom. The molecule has 44 heavy (non-hydrogen) atoms. The molecule has 2 N–H and O–H groups in total. The lowest BCUT2D eigenvalue weighted by Crippen LogP contribution is -2.39. The quantitative estimate of drug-likeness (QED) is 0.292. The second-order valence-corrected chi connectivity index (χ2v) is 13.3. The molecule has 2 atom stereocenters. The molecule has 4 fully saturated rings. The molecule has 0 aromatic carbocycles. The highest BCUT2D eigenvalue weighted by molar-refractivity contribution is 5.90. The molecule has 4 saturated carbocycles. The van der Waals surface area contributed by atoms with Crippen LogP contribution in [0.5, 0.6) is 0 Å². The Hall–Kier alpha value is -3.58. The monoisotopic (exact) mass is 616 g/mol. The van der Waals surface area contributed by atoms with E-state index in [0.29, 0.717) is 29.6 Å². The summed E-state index contributed by atoms with van der Waals surface area (Å²) in [7, 11) is 0. The van der Waals surface area contributed by atoms with Crippen molar-refractivity contribution < 1.29 is 27.2 Å². The molecule has 0 aliphatic heterocycles. The van der Waals surface area contributed by atoms with Crippen molar-refractivity contribution in [2.45, 2.75) is 101 Å². The van der Waals surface area contributed by atoms with E-state index in [1.54, 1.807) is 27.5 Å². The first-order valence-corrected chi connectivity index (χ1v) is 15.6. The van der Waals surface area contributed by atoms with Crippen LogP contribution in [-0.2, 0) is 11.3 Å². The lowest BCUT2D eigenvalue weighted by atomic mass is 9.79. The van der Waals surface area contributed by atoms with Crippen molar-refractivity contribution in [3.8, 4) is 0 Å². The Morgan fingerprint density at radius 2 is 1.57 bits per heavy atom. The maximum Gasteiger partial charge on any atom is 0.289 e. The van der Waals surface area contributed by atoms with Gasteiger partial charge in [0, 0.05) is 51.0 Å². The predicted molar refractivity (Wildman–Crippen MR) is 149 cm³/mol. The lowest BCUT2D eigenvalue weighted by molar-refractivity contribution is -0.134. The second-order valence-electron chi connectivity index (χ2n) is 13.3. The van der Waals surface area contributed by atoms with E-state index in [1.165, 1.54) is 6.33 Å². The van der Waals surface area contributed by atoms with Gasteiger partial charge >= 0.3 is 0 Å². The van der Waals surface area contributed by atoms with Crippen LogP contribution in [0.25, 0.3) is 5.78 Å². The van der Waals surface area contributed by atoms with Crippen molar-refractivity contribution in [3.05, 3.63) is 42.0 Å². The van der Waals surface area contributed by atoms with Gasteiger partial charge in [-0.1, -0.05) is 0 Å². The van der Waals surface area contributed by atoms with E-state index in [2.05, 4.69) is 20.7 Å². The van der Waals surface area contributed by atoms with Crippen molar-refractivity contribution in [2.75, 3.05) is 0 Å². The molecule has 2 unspecified atom stereocenters. The fourth-order valence-corrected chi connectivity index (χ4v) is 6.67. The van der Waals surface area contributed by atoms with Crippen LogP contribution >= 0.6 is 0 Å². The van der Waals surface area contributed by atoms with Gasteiger partial charge in [-0.05, 0) is 68.3 Å². The SMILES string of the molecule is O=C(CC1CC(F)(F)C1)NC(c1ccn2cc(C(NC(=O)c3ncnn3CC3CC3)C3CCC(F)(F)CC3)nc2n1)C1CC1. The number of aromatic nitrogens is 6.